The Balaban J connectivity index is 2.08. The Hall–Kier alpha value is -4.34. The molecule has 0 radical (unpaired) electrons. The smallest absolute Gasteiger partial charge is 0.308 e. The van der Waals surface area contributed by atoms with Crippen LogP contribution in [0.25, 0.3) is 5.76 Å². The second kappa shape index (κ2) is 8.46. The number of esters is 2. The van der Waals surface area contributed by atoms with Crippen molar-refractivity contribution in [1.29, 1.82) is 0 Å². The average Bonchev–Trinajstić information content (AvgIpc) is 2.71. The Kier molecular flexibility index (Phi) is 5.75. The fourth-order valence-corrected chi connectivity index (χ4v) is 4.87. The van der Waals surface area contributed by atoms with Crippen LogP contribution in [0.15, 0.2) is 23.8 Å². The van der Waals surface area contributed by atoms with Gasteiger partial charge < -0.3 is 30.3 Å². The maximum absolute atomic E-state index is 13.8. The van der Waals surface area contributed by atoms with Crippen molar-refractivity contribution in [3.8, 4) is 17.2 Å². The van der Waals surface area contributed by atoms with E-state index in [4.69, 9.17) is 15.2 Å². The van der Waals surface area contributed by atoms with Crippen molar-refractivity contribution in [2.75, 3.05) is 19.0 Å². The Morgan fingerprint density at radius 1 is 1.00 bits per heavy atom. The zero-order valence-electron chi connectivity index (χ0n) is 19.6. The zero-order chi connectivity index (χ0) is 25.8. The molecule has 0 heterocycles. The number of hydrogen-bond donors (Lipinski definition) is 3. The van der Waals surface area contributed by atoms with Gasteiger partial charge in [-0.05, 0) is 48.1 Å². The van der Waals surface area contributed by atoms with Crippen LogP contribution in [-0.2, 0) is 27.2 Å². The lowest BCUT2D eigenvalue weighted by atomic mass is 9.70. The average molecular weight is 480 g/mol. The lowest BCUT2D eigenvalue weighted by Crippen LogP contribution is -2.32. The van der Waals surface area contributed by atoms with E-state index in [-0.39, 0.29) is 34.6 Å². The number of allylic oxidation sites excluding steroid dienone is 1. The van der Waals surface area contributed by atoms with E-state index < -0.39 is 46.6 Å². The molecule has 1 unspecified atom stereocenters. The number of ketones is 1. The molecule has 4 rings (SSSR count). The van der Waals surface area contributed by atoms with E-state index in [0.717, 1.165) is 19.5 Å². The van der Waals surface area contributed by atoms with Crippen LogP contribution in [0.4, 0.5) is 5.69 Å². The first-order valence-electron chi connectivity index (χ1n) is 10.8. The molecule has 182 valence electrons. The molecule has 0 fully saturated rings. The van der Waals surface area contributed by atoms with E-state index in [1.807, 2.05) is 19.0 Å². The normalized spacial score (nSPS) is 16.1. The molecule has 0 aromatic heterocycles. The van der Waals surface area contributed by atoms with Crippen molar-refractivity contribution < 1.29 is 38.9 Å². The number of rotatable bonds is 4. The summed E-state index contributed by atoms with van der Waals surface area (Å²) >= 11 is 0. The first-order chi connectivity index (χ1) is 16.4. The summed E-state index contributed by atoms with van der Waals surface area (Å²) in [5, 5.41) is 21.1. The second-order valence-electron chi connectivity index (χ2n) is 8.71. The zero-order valence-corrected chi connectivity index (χ0v) is 19.6. The van der Waals surface area contributed by atoms with Crippen LogP contribution in [0, 0.1) is 5.92 Å². The Morgan fingerprint density at radius 2 is 1.66 bits per heavy atom. The van der Waals surface area contributed by atoms with E-state index >= 15 is 0 Å². The second-order valence-corrected chi connectivity index (χ2v) is 8.71. The Morgan fingerprint density at radius 3 is 2.23 bits per heavy atom. The Bertz CT molecular complexity index is 1360. The number of hydrogen-bond acceptors (Lipinski definition) is 9. The largest absolute Gasteiger partial charge is 0.507 e. The minimum atomic E-state index is -1.08. The molecule has 10 heteroatoms. The third kappa shape index (κ3) is 3.86. The molecule has 0 saturated carbocycles. The van der Waals surface area contributed by atoms with Crippen LogP contribution in [0.5, 0.6) is 17.2 Å². The quantitative estimate of drug-likeness (QED) is 0.440. The highest BCUT2D eigenvalue weighted by Crippen LogP contribution is 2.50. The number of nitrogens with two attached hydrogens (primary N) is 1. The number of Topliss-reactive ketones (excluding diaryl/α,β-unsaturated/α-hetero) is 1. The van der Waals surface area contributed by atoms with E-state index in [0.29, 0.717) is 17.5 Å². The van der Waals surface area contributed by atoms with Gasteiger partial charge in [0, 0.05) is 39.2 Å². The number of carbonyl (C=O) groups is 4. The van der Waals surface area contributed by atoms with Gasteiger partial charge in [0.25, 0.3) is 5.91 Å². The van der Waals surface area contributed by atoms with Gasteiger partial charge in [-0.25, -0.2) is 0 Å². The van der Waals surface area contributed by atoms with Crippen LogP contribution in [0.2, 0.25) is 0 Å². The molecule has 1 amide bonds. The monoisotopic (exact) mass is 480 g/mol. The fraction of sp³-hybridized carbons (Fsp3) is 0.280. The van der Waals surface area contributed by atoms with Crippen LogP contribution in [0.1, 0.15) is 51.3 Å². The number of anilines is 1. The minimum Gasteiger partial charge on any atom is -0.507 e. The molecule has 35 heavy (non-hydrogen) atoms. The molecule has 2 aromatic carbocycles. The number of carbonyl (C=O) groups excluding carboxylic acids is 4. The molecule has 10 nitrogen and oxygen atoms in total. The van der Waals surface area contributed by atoms with Gasteiger partial charge in [-0.15, -0.1) is 0 Å². The fourth-order valence-electron chi connectivity index (χ4n) is 4.87. The highest BCUT2D eigenvalue weighted by molar-refractivity contribution is 6.18. The maximum Gasteiger partial charge on any atom is 0.308 e. The van der Waals surface area contributed by atoms with Crippen LogP contribution >= 0.6 is 0 Å². The first kappa shape index (κ1) is 23.8. The predicted molar refractivity (Wildman–Crippen MR) is 124 cm³/mol. The van der Waals surface area contributed by atoms with Crippen molar-refractivity contribution in [3.63, 3.8) is 0 Å². The molecule has 2 aromatic rings. The number of phenolic OH excluding ortho intramolecular Hbond substituents is 1. The van der Waals surface area contributed by atoms with Gasteiger partial charge in [0.15, 0.2) is 11.5 Å². The van der Waals surface area contributed by atoms with Crippen molar-refractivity contribution in [1.82, 2.24) is 0 Å². The first-order valence-corrected chi connectivity index (χ1v) is 10.8. The molecule has 0 spiro atoms. The van der Waals surface area contributed by atoms with Crippen molar-refractivity contribution >= 4 is 35.1 Å². The van der Waals surface area contributed by atoms with E-state index in [2.05, 4.69) is 0 Å². The number of primary amides is 1. The topological polar surface area (TPSA) is 156 Å². The molecule has 1 atom stereocenters. The third-order valence-corrected chi connectivity index (χ3v) is 6.10. The van der Waals surface area contributed by atoms with E-state index in [1.54, 1.807) is 6.07 Å². The number of nitrogens with zero attached hydrogens (tertiary/aromatic N) is 1. The molecule has 0 aliphatic heterocycles. The van der Waals surface area contributed by atoms with Crippen molar-refractivity contribution in [3.05, 3.63) is 51.6 Å². The molecule has 0 bridgehead atoms. The lowest BCUT2D eigenvalue weighted by Gasteiger charge is -2.35. The molecule has 4 N–H and O–H groups in total. The van der Waals surface area contributed by atoms with Gasteiger partial charge in [0.2, 0.25) is 0 Å². The number of benzene rings is 2. The van der Waals surface area contributed by atoms with Crippen molar-refractivity contribution in [2.24, 2.45) is 11.7 Å². The van der Waals surface area contributed by atoms with Gasteiger partial charge in [-0.2, -0.15) is 0 Å². The number of ether oxygens (including phenoxy) is 2. The summed E-state index contributed by atoms with van der Waals surface area (Å²) in [4.78, 5) is 51.7. The summed E-state index contributed by atoms with van der Waals surface area (Å²) in [5.41, 5.74) is 6.93. The predicted octanol–water partition coefficient (Wildman–Crippen LogP) is 2.07. The highest BCUT2D eigenvalue weighted by atomic mass is 16.5. The van der Waals surface area contributed by atoms with Crippen LogP contribution in [-0.4, -0.2) is 47.9 Å². The Labute approximate surface area is 200 Å². The SMILES string of the molecule is CC(=O)OC1=C2C(=O)c3c(O)ccc(N(C)C)c3CC2Cc2cc(O)c(C(N)=O)c(OC(C)=O)c21. The summed E-state index contributed by atoms with van der Waals surface area (Å²) in [6.45, 7) is 2.23. The summed E-state index contributed by atoms with van der Waals surface area (Å²) in [5.74, 6) is -5.02. The summed E-state index contributed by atoms with van der Waals surface area (Å²) in [7, 11) is 3.63. The lowest BCUT2D eigenvalue weighted by molar-refractivity contribution is -0.134. The summed E-state index contributed by atoms with van der Waals surface area (Å²) < 4.78 is 10.8. The van der Waals surface area contributed by atoms with Gasteiger partial charge in [-0.1, -0.05) is 0 Å². The molecule has 2 aliphatic rings. The summed E-state index contributed by atoms with van der Waals surface area (Å²) in [6, 6.07) is 4.42. The van der Waals surface area contributed by atoms with Crippen LogP contribution in [0.3, 0.4) is 0 Å². The van der Waals surface area contributed by atoms with Crippen molar-refractivity contribution in [2.45, 2.75) is 26.7 Å². The highest BCUT2D eigenvalue weighted by Gasteiger charge is 2.43. The standard InChI is InChI=1S/C25H24N2O8/c1-10(28)34-23-18-12(8-14-15(27(3)4)5-6-16(30)20(14)22(18)32)7-13-9-17(31)21(25(26)33)24(19(13)23)35-11(2)29/h5-6,9,12,30-31H,7-8H2,1-4H3,(H2,26,33). The summed E-state index contributed by atoms with van der Waals surface area (Å²) in [6.07, 6.45) is 0.522. The van der Waals surface area contributed by atoms with E-state index in [1.165, 1.54) is 12.1 Å². The van der Waals surface area contributed by atoms with E-state index in [9.17, 15) is 29.4 Å². The van der Waals surface area contributed by atoms with Crippen LogP contribution < -0.4 is 15.4 Å². The molecule has 2 aliphatic carbocycles. The number of amides is 1. The number of aromatic hydroxyl groups is 2. The molecule has 0 saturated heterocycles. The number of fused-ring (bicyclic) bond motifs is 3. The number of phenols is 2. The molecular formula is C25H24N2O8. The minimum absolute atomic E-state index is 0.00769. The van der Waals surface area contributed by atoms with Gasteiger partial charge in [0.05, 0.1) is 11.1 Å². The van der Waals surface area contributed by atoms with Gasteiger partial charge in [-0.3, -0.25) is 19.2 Å². The van der Waals surface area contributed by atoms with Gasteiger partial charge >= 0.3 is 11.9 Å². The maximum atomic E-state index is 13.8. The third-order valence-electron chi connectivity index (χ3n) is 6.10. The molecular weight excluding hydrogens is 456 g/mol. The van der Waals surface area contributed by atoms with Gasteiger partial charge in [0.1, 0.15) is 22.8 Å².